The van der Waals surface area contributed by atoms with Crippen molar-refractivity contribution in [3.05, 3.63) is 46.6 Å². The second kappa shape index (κ2) is 5.91. The van der Waals surface area contributed by atoms with Crippen molar-refractivity contribution < 1.29 is 4.74 Å². The molecule has 0 aliphatic rings. The van der Waals surface area contributed by atoms with E-state index in [4.69, 9.17) is 9.72 Å². The SMILES string of the molecule is CCc1nc2c(OC)c(-c3cccc4[nH]ccc34)c(C#N)c(C)c2s1. The lowest BCUT2D eigenvalue weighted by atomic mass is 9.93. The summed E-state index contributed by atoms with van der Waals surface area (Å²) in [5, 5.41) is 12.0. The van der Waals surface area contributed by atoms with Crippen LogP contribution in [0.5, 0.6) is 5.75 Å². The number of aryl methyl sites for hydroxylation is 2. The largest absolute Gasteiger partial charge is 0.494 e. The maximum Gasteiger partial charge on any atom is 0.155 e. The van der Waals surface area contributed by atoms with Crippen molar-refractivity contribution in [2.45, 2.75) is 20.3 Å². The van der Waals surface area contributed by atoms with Crippen LogP contribution in [0.1, 0.15) is 23.1 Å². The Kier molecular flexibility index (Phi) is 3.70. The van der Waals surface area contributed by atoms with Gasteiger partial charge in [0.1, 0.15) is 11.6 Å². The third-order valence-electron chi connectivity index (χ3n) is 4.56. The fourth-order valence-electron chi connectivity index (χ4n) is 3.36. The summed E-state index contributed by atoms with van der Waals surface area (Å²) in [6, 6.07) is 10.5. The predicted octanol–water partition coefficient (Wildman–Crippen LogP) is 5.20. The number of rotatable bonds is 3. The molecule has 0 unspecified atom stereocenters. The van der Waals surface area contributed by atoms with Crippen LogP contribution in [0.3, 0.4) is 0 Å². The first-order chi connectivity index (χ1) is 12.2. The molecule has 4 nitrogen and oxygen atoms in total. The van der Waals surface area contributed by atoms with Gasteiger partial charge in [-0.2, -0.15) is 5.26 Å². The number of hydrogen-bond donors (Lipinski definition) is 1. The normalized spacial score (nSPS) is 11.1. The summed E-state index contributed by atoms with van der Waals surface area (Å²) in [5.41, 5.74) is 5.33. The Morgan fingerprint density at radius 2 is 2.16 bits per heavy atom. The number of H-pyrrole nitrogens is 1. The number of fused-ring (bicyclic) bond motifs is 2. The van der Waals surface area contributed by atoms with Gasteiger partial charge < -0.3 is 9.72 Å². The van der Waals surface area contributed by atoms with E-state index in [0.29, 0.717) is 11.3 Å². The van der Waals surface area contributed by atoms with E-state index in [1.54, 1.807) is 18.4 Å². The van der Waals surface area contributed by atoms with Crippen LogP contribution < -0.4 is 4.74 Å². The van der Waals surface area contributed by atoms with Crippen LogP contribution >= 0.6 is 11.3 Å². The Hall–Kier alpha value is -2.84. The van der Waals surface area contributed by atoms with Crippen molar-refractivity contribution in [2.75, 3.05) is 7.11 Å². The van der Waals surface area contributed by atoms with Gasteiger partial charge in [-0.3, -0.25) is 0 Å². The number of aromatic nitrogens is 2. The second-order valence-electron chi connectivity index (χ2n) is 5.90. The Bertz CT molecular complexity index is 1150. The number of nitrogens with one attached hydrogen (secondary N) is 1. The molecular formula is C20H17N3OS. The number of nitriles is 1. The van der Waals surface area contributed by atoms with Gasteiger partial charge in [0.25, 0.3) is 0 Å². The third kappa shape index (κ3) is 2.22. The fourth-order valence-corrected chi connectivity index (χ4v) is 4.36. The van der Waals surface area contributed by atoms with E-state index in [0.717, 1.165) is 49.2 Å². The van der Waals surface area contributed by atoms with Crippen LogP contribution in [0, 0.1) is 18.3 Å². The summed E-state index contributed by atoms with van der Waals surface area (Å²) >= 11 is 1.64. The minimum Gasteiger partial charge on any atom is -0.494 e. The molecule has 4 rings (SSSR count). The van der Waals surface area contributed by atoms with E-state index < -0.39 is 0 Å². The van der Waals surface area contributed by atoms with Crippen molar-refractivity contribution in [2.24, 2.45) is 0 Å². The van der Waals surface area contributed by atoms with Gasteiger partial charge in [0, 0.05) is 22.7 Å². The highest BCUT2D eigenvalue weighted by atomic mass is 32.1. The van der Waals surface area contributed by atoms with Crippen molar-refractivity contribution >= 4 is 32.5 Å². The first kappa shape index (κ1) is 15.7. The molecule has 0 aliphatic heterocycles. The molecule has 0 spiro atoms. The molecule has 4 aromatic rings. The molecule has 1 N–H and O–H groups in total. The highest BCUT2D eigenvalue weighted by Gasteiger charge is 2.23. The lowest BCUT2D eigenvalue weighted by molar-refractivity contribution is 0.420. The molecular weight excluding hydrogens is 330 g/mol. The molecule has 0 bridgehead atoms. The van der Waals surface area contributed by atoms with Gasteiger partial charge >= 0.3 is 0 Å². The van der Waals surface area contributed by atoms with E-state index >= 15 is 0 Å². The fraction of sp³-hybridized carbons (Fsp3) is 0.200. The van der Waals surface area contributed by atoms with Gasteiger partial charge in [0.15, 0.2) is 5.75 Å². The molecule has 0 atom stereocenters. The number of hydrogen-bond acceptors (Lipinski definition) is 4. The van der Waals surface area contributed by atoms with E-state index in [9.17, 15) is 5.26 Å². The number of aromatic amines is 1. The summed E-state index contributed by atoms with van der Waals surface area (Å²) in [6.07, 6.45) is 2.78. The Labute approximate surface area is 149 Å². The molecule has 0 amide bonds. The topological polar surface area (TPSA) is 61.7 Å². The zero-order chi connectivity index (χ0) is 17.6. The summed E-state index contributed by atoms with van der Waals surface area (Å²) in [5.74, 6) is 0.682. The lowest BCUT2D eigenvalue weighted by Crippen LogP contribution is -1.97. The molecule has 124 valence electrons. The molecule has 0 saturated heterocycles. The van der Waals surface area contributed by atoms with Crippen molar-refractivity contribution in [1.29, 1.82) is 5.26 Å². The van der Waals surface area contributed by atoms with E-state index in [-0.39, 0.29) is 0 Å². The molecule has 0 radical (unpaired) electrons. The molecule has 5 heteroatoms. The zero-order valence-electron chi connectivity index (χ0n) is 14.3. The van der Waals surface area contributed by atoms with E-state index in [1.807, 2.05) is 37.4 Å². The lowest BCUT2D eigenvalue weighted by Gasteiger charge is -2.15. The maximum absolute atomic E-state index is 9.90. The standard InChI is InChI=1S/C20H17N3OS/c1-4-16-23-18-19(24-3)17(14(10-21)11(2)20(18)25-16)13-6-5-7-15-12(13)8-9-22-15/h5-9,22H,4H2,1-3H3. The van der Waals surface area contributed by atoms with Gasteiger partial charge in [0.2, 0.25) is 0 Å². The number of nitrogens with zero attached hydrogens (tertiary/aromatic N) is 2. The van der Waals surface area contributed by atoms with Crippen molar-refractivity contribution in [3.8, 4) is 22.9 Å². The first-order valence-electron chi connectivity index (χ1n) is 8.16. The first-order valence-corrected chi connectivity index (χ1v) is 8.97. The highest BCUT2D eigenvalue weighted by molar-refractivity contribution is 7.18. The number of thiazole rings is 1. The molecule has 2 heterocycles. The minimum atomic E-state index is 0.657. The smallest absolute Gasteiger partial charge is 0.155 e. The van der Waals surface area contributed by atoms with Gasteiger partial charge in [-0.1, -0.05) is 19.1 Å². The number of ether oxygens (including phenoxy) is 1. The Morgan fingerprint density at radius 1 is 1.32 bits per heavy atom. The van der Waals surface area contributed by atoms with Gasteiger partial charge in [-0.25, -0.2) is 4.98 Å². The van der Waals surface area contributed by atoms with Crippen LogP contribution in [0.25, 0.3) is 32.2 Å². The number of methoxy groups -OCH3 is 1. The molecule has 0 fully saturated rings. The van der Waals surface area contributed by atoms with Gasteiger partial charge in [0.05, 0.1) is 22.4 Å². The maximum atomic E-state index is 9.90. The van der Waals surface area contributed by atoms with Crippen LogP contribution in [0.4, 0.5) is 0 Å². The Balaban J connectivity index is 2.20. The van der Waals surface area contributed by atoms with Crippen LogP contribution in [0.2, 0.25) is 0 Å². The molecule has 25 heavy (non-hydrogen) atoms. The average molecular weight is 347 g/mol. The van der Waals surface area contributed by atoms with Gasteiger partial charge in [-0.15, -0.1) is 11.3 Å². The molecule has 0 aliphatic carbocycles. The monoisotopic (exact) mass is 347 g/mol. The third-order valence-corrected chi connectivity index (χ3v) is 5.88. The number of benzene rings is 2. The summed E-state index contributed by atoms with van der Waals surface area (Å²) in [4.78, 5) is 8.00. The van der Waals surface area contributed by atoms with Gasteiger partial charge in [-0.05, 0) is 36.6 Å². The Morgan fingerprint density at radius 3 is 2.88 bits per heavy atom. The van der Waals surface area contributed by atoms with Crippen molar-refractivity contribution in [3.63, 3.8) is 0 Å². The molecule has 2 aromatic heterocycles. The average Bonchev–Trinajstić information content (AvgIpc) is 3.28. The van der Waals surface area contributed by atoms with Crippen molar-refractivity contribution in [1.82, 2.24) is 9.97 Å². The highest BCUT2D eigenvalue weighted by Crippen LogP contribution is 2.45. The van der Waals surface area contributed by atoms with E-state index in [1.165, 1.54) is 0 Å². The molecule has 0 saturated carbocycles. The quantitative estimate of drug-likeness (QED) is 0.554. The molecule has 2 aromatic carbocycles. The van der Waals surface area contributed by atoms with Crippen LogP contribution in [-0.2, 0) is 6.42 Å². The minimum absolute atomic E-state index is 0.657. The second-order valence-corrected chi connectivity index (χ2v) is 6.99. The predicted molar refractivity (Wildman–Crippen MR) is 102 cm³/mol. The van der Waals surface area contributed by atoms with Crippen LogP contribution in [0.15, 0.2) is 30.5 Å². The zero-order valence-corrected chi connectivity index (χ0v) is 15.1. The van der Waals surface area contributed by atoms with E-state index in [2.05, 4.69) is 18.0 Å². The summed E-state index contributed by atoms with van der Waals surface area (Å²) in [6.45, 7) is 4.09. The van der Waals surface area contributed by atoms with Crippen LogP contribution in [-0.4, -0.2) is 17.1 Å². The summed E-state index contributed by atoms with van der Waals surface area (Å²) in [7, 11) is 1.65. The summed E-state index contributed by atoms with van der Waals surface area (Å²) < 4.78 is 6.81.